The fourth-order valence-electron chi connectivity index (χ4n) is 1.66. The molecule has 0 saturated carbocycles. The molecule has 1 atom stereocenters. The Labute approximate surface area is 116 Å². The van der Waals surface area contributed by atoms with Crippen molar-refractivity contribution in [2.45, 2.75) is 13.0 Å². The van der Waals surface area contributed by atoms with Gasteiger partial charge in [-0.15, -0.1) is 0 Å². The number of hydrogen-bond acceptors (Lipinski definition) is 3. The van der Waals surface area contributed by atoms with Crippen LogP contribution in [0.1, 0.15) is 17.2 Å². The molecule has 0 aliphatic rings. The summed E-state index contributed by atoms with van der Waals surface area (Å²) in [6.07, 6.45) is 1.50. The molecule has 4 nitrogen and oxygen atoms in total. The fourth-order valence-corrected chi connectivity index (χ4v) is 1.76. The second kappa shape index (κ2) is 5.82. The second-order valence-corrected chi connectivity index (χ2v) is 4.57. The monoisotopic (exact) mass is 275 g/mol. The number of halogens is 1. The predicted molar refractivity (Wildman–Crippen MR) is 76.0 cm³/mol. The number of nitrogens with one attached hydrogen (secondary N) is 1. The van der Waals surface area contributed by atoms with Crippen molar-refractivity contribution in [3.8, 4) is 0 Å². The van der Waals surface area contributed by atoms with E-state index in [2.05, 4.69) is 10.3 Å². The summed E-state index contributed by atoms with van der Waals surface area (Å²) in [7, 11) is 0. The van der Waals surface area contributed by atoms with Crippen molar-refractivity contribution in [2.75, 3.05) is 5.32 Å². The Bertz CT molecular complexity index is 586. The van der Waals surface area contributed by atoms with Gasteiger partial charge < -0.3 is 11.1 Å². The first kappa shape index (κ1) is 13.5. The van der Waals surface area contributed by atoms with Gasteiger partial charge in [0.25, 0.3) is 0 Å². The van der Waals surface area contributed by atoms with E-state index in [0.29, 0.717) is 10.8 Å². The molecule has 1 aromatic carbocycles. The van der Waals surface area contributed by atoms with E-state index in [-0.39, 0.29) is 5.91 Å². The summed E-state index contributed by atoms with van der Waals surface area (Å²) in [5, 5.41) is 3.14. The molecule has 0 spiro atoms. The molecule has 0 aliphatic heterocycles. The number of rotatable bonds is 3. The summed E-state index contributed by atoms with van der Waals surface area (Å²) >= 11 is 5.83. The lowest BCUT2D eigenvalue weighted by atomic mass is 10.1. The summed E-state index contributed by atoms with van der Waals surface area (Å²) in [6, 6.07) is 10.2. The molecule has 1 aromatic heterocycles. The largest absolute Gasteiger partial charge is 0.323 e. The Morgan fingerprint density at radius 1 is 1.37 bits per heavy atom. The SMILES string of the molecule is Cc1cc(NC(=O)[C@@H](N)c2ccccc2)cnc1Cl. The smallest absolute Gasteiger partial charge is 0.245 e. The first-order valence-corrected chi connectivity index (χ1v) is 6.19. The number of nitrogens with two attached hydrogens (primary N) is 1. The second-order valence-electron chi connectivity index (χ2n) is 4.21. The van der Waals surface area contributed by atoms with E-state index < -0.39 is 6.04 Å². The van der Waals surface area contributed by atoms with Crippen LogP contribution in [-0.2, 0) is 4.79 Å². The van der Waals surface area contributed by atoms with Gasteiger partial charge in [-0.25, -0.2) is 4.98 Å². The lowest BCUT2D eigenvalue weighted by Gasteiger charge is -2.12. The standard InChI is InChI=1S/C14H14ClN3O/c1-9-7-11(8-17-13(9)15)18-14(19)12(16)10-5-3-2-4-6-10/h2-8,12H,16H2,1H3,(H,18,19)/t12-/m0/s1. The maximum atomic E-state index is 12.0. The molecule has 0 unspecified atom stereocenters. The number of carbonyl (C=O) groups is 1. The van der Waals surface area contributed by atoms with Crippen LogP contribution in [0.3, 0.4) is 0 Å². The van der Waals surface area contributed by atoms with E-state index in [1.54, 1.807) is 6.07 Å². The fraction of sp³-hybridized carbons (Fsp3) is 0.143. The van der Waals surface area contributed by atoms with Gasteiger partial charge in [0.2, 0.25) is 5.91 Å². The van der Waals surface area contributed by atoms with Crippen LogP contribution in [0, 0.1) is 6.92 Å². The van der Waals surface area contributed by atoms with Crippen LogP contribution in [0.25, 0.3) is 0 Å². The number of hydrogen-bond donors (Lipinski definition) is 2. The van der Waals surface area contributed by atoms with E-state index >= 15 is 0 Å². The average molecular weight is 276 g/mol. The quantitative estimate of drug-likeness (QED) is 0.846. The summed E-state index contributed by atoms with van der Waals surface area (Å²) in [5.41, 5.74) is 8.04. The summed E-state index contributed by atoms with van der Waals surface area (Å²) in [6.45, 7) is 1.82. The van der Waals surface area contributed by atoms with Gasteiger partial charge in [-0.1, -0.05) is 41.9 Å². The third kappa shape index (κ3) is 3.30. The molecule has 19 heavy (non-hydrogen) atoms. The van der Waals surface area contributed by atoms with E-state index in [1.807, 2.05) is 37.3 Å². The highest BCUT2D eigenvalue weighted by molar-refractivity contribution is 6.30. The molecule has 1 amide bonds. The normalized spacial score (nSPS) is 11.9. The number of nitrogens with zero attached hydrogens (tertiary/aromatic N) is 1. The topological polar surface area (TPSA) is 68.0 Å². The van der Waals surface area contributed by atoms with Crippen molar-refractivity contribution in [1.29, 1.82) is 0 Å². The van der Waals surface area contributed by atoms with Crippen molar-refractivity contribution in [2.24, 2.45) is 5.73 Å². The number of anilines is 1. The molecule has 0 bridgehead atoms. The summed E-state index contributed by atoms with van der Waals surface area (Å²) in [4.78, 5) is 16.0. The summed E-state index contributed by atoms with van der Waals surface area (Å²) in [5.74, 6) is -0.283. The average Bonchev–Trinajstić information content (AvgIpc) is 2.43. The molecular formula is C14H14ClN3O. The molecule has 2 rings (SSSR count). The van der Waals surface area contributed by atoms with Gasteiger partial charge in [-0.3, -0.25) is 4.79 Å². The van der Waals surface area contributed by atoms with Crippen molar-refractivity contribution < 1.29 is 4.79 Å². The zero-order valence-electron chi connectivity index (χ0n) is 10.4. The lowest BCUT2D eigenvalue weighted by molar-refractivity contribution is -0.117. The van der Waals surface area contributed by atoms with Gasteiger partial charge in [0.05, 0.1) is 11.9 Å². The minimum Gasteiger partial charge on any atom is -0.323 e. The van der Waals surface area contributed by atoms with Gasteiger partial charge in [-0.2, -0.15) is 0 Å². The van der Waals surface area contributed by atoms with Crippen molar-refractivity contribution in [3.63, 3.8) is 0 Å². The Hall–Kier alpha value is -1.91. The third-order valence-corrected chi connectivity index (χ3v) is 3.12. The van der Waals surface area contributed by atoms with Crippen LogP contribution in [0.15, 0.2) is 42.6 Å². The zero-order valence-corrected chi connectivity index (χ0v) is 11.2. The number of pyridine rings is 1. The Morgan fingerprint density at radius 2 is 2.05 bits per heavy atom. The minimum atomic E-state index is -0.711. The van der Waals surface area contributed by atoms with Gasteiger partial charge in [0, 0.05) is 0 Å². The van der Waals surface area contributed by atoms with Gasteiger partial charge in [0.15, 0.2) is 0 Å². The van der Waals surface area contributed by atoms with Crippen molar-refractivity contribution in [3.05, 3.63) is 58.9 Å². The maximum Gasteiger partial charge on any atom is 0.245 e. The van der Waals surface area contributed by atoms with Gasteiger partial charge >= 0.3 is 0 Å². The number of carbonyl (C=O) groups excluding carboxylic acids is 1. The number of aryl methyl sites for hydroxylation is 1. The minimum absolute atomic E-state index is 0.283. The first-order valence-electron chi connectivity index (χ1n) is 5.81. The van der Waals surface area contributed by atoms with Crippen LogP contribution in [0.2, 0.25) is 5.15 Å². The van der Waals surface area contributed by atoms with Crippen LogP contribution in [0.4, 0.5) is 5.69 Å². The van der Waals surface area contributed by atoms with Crippen LogP contribution in [-0.4, -0.2) is 10.9 Å². The highest BCUT2D eigenvalue weighted by atomic mass is 35.5. The molecule has 5 heteroatoms. The van der Waals surface area contributed by atoms with E-state index in [0.717, 1.165) is 11.1 Å². The molecule has 0 aliphatic carbocycles. The molecule has 0 radical (unpaired) electrons. The van der Waals surface area contributed by atoms with Crippen LogP contribution in [0.5, 0.6) is 0 Å². The maximum absolute atomic E-state index is 12.0. The van der Waals surface area contributed by atoms with Gasteiger partial charge in [0.1, 0.15) is 11.2 Å². The van der Waals surface area contributed by atoms with Gasteiger partial charge in [-0.05, 0) is 24.1 Å². The van der Waals surface area contributed by atoms with E-state index in [1.165, 1.54) is 6.20 Å². The highest BCUT2D eigenvalue weighted by Crippen LogP contribution is 2.18. The highest BCUT2D eigenvalue weighted by Gasteiger charge is 2.15. The van der Waals surface area contributed by atoms with Crippen LogP contribution >= 0.6 is 11.6 Å². The first-order chi connectivity index (χ1) is 9.08. The Balaban J connectivity index is 2.10. The van der Waals surface area contributed by atoms with E-state index in [4.69, 9.17) is 17.3 Å². The Morgan fingerprint density at radius 3 is 2.68 bits per heavy atom. The van der Waals surface area contributed by atoms with Crippen molar-refractivity contribution in [1.82, 2.24) is 4.98 Å². The molecule has 3 N–H and O–H groups in total. The molecule has 0 fully saturated rings. The molecule has 0 saturated heterocycles. The summed E-state index contributed by atoms with van der Waals surface area (Å²) < 4.78 is 0. The predicted octanol–water partition coefficient (Wildman–Crippen LogP) is 2.68. The van der Waals surface area contributed by atoms with Crippen LogP contribution < -0.4 is 11.1 Å². The molecular weight excluding hydrogens is 262 g/mol. The molecule has 2 aromatic rings. The Kier molecular flexibility index (Phi) is 4.14. The molecule has 98 valence electrons. The van der Waals surface area contributed by atoms with Crippen molar-refractivity contribution >= 4 is 23.2 Å². The molecule has 1 heterocycles. The third-order valence-electron chi connectivity index (χ3n) is 2.72. The van der Waals surface area contributed by atoms with E-state index in [9.17, 15) is 4.79 Å². The number of benzene rings is 1. The zero-order chi connectivity index (χ0) is 13.8. The number of amides is 1. The number of aromatic nitrogens is 1. The lowest BCUT2D eigenvalue weighted by Crippen LogP contribution is -2.27.